The molecule has 1 heterocycles. The van der Waals surface area contributed by atoms with Crippen molar-refractivity contribution in [2.45, 2.75) is 40.8 Å². The lowest BCUT2D eigenvalue weighted by molar-refractivity contribution is 0.101. The summed E-state index contributed by atoms with van der Waals surface area (Å²) < 4.78 is 15.5. The van der Waals surface area contributed by atoms with Gasteiger partial charge in [0.15, 0.2) is 5.82 Å². The van der Waals surface area contributed by atoms with Crippen LogP contribution >= 0.6 is 11.6 Å². The number of amides is 1. The molecule has 0 unspecified atom stereocenters. The molecule has 1 aromatic heterocycles. The van der Waals surface area contributed by atoms with Crippen LogP contribution in [0.3, 0.4) is 0 Å². The van der Waals surface area contributed by atoms with Crippen LogP contribution in [0.15, 0.2) is 48.8 Å². The fourth-order valence-electron chi connectivity index (χ4n) is 2.25. The lowest BCUT2D eigenvalue weighted by Gasteiger charge is -2.08. The number of nitrogens with zero attached hydrogens (tertiary/aromatic N) is 3. The third-order valence-corrected chi connectivity index (χ3v) is 3.72. The maximum atomic E-state index is 14.0. The van der Waals surface area contributed by atoms with Gasteiger partial charge in [-0.3, -0.25) is 4.79 Å². The molecule has 8 heteroatoms. The van der Waals surface area contributed by atoms with Gasteiger partial charge in [0.2, 0.25) is 5.82 Å². The Morgan fingerprint density at radius 2 is 1.79 bits per heavy atom. The number of benzene rings is 2. The van der Waals surface area contributed by atoms with Gasteiger partial charge >= 0.3 is 0 Å². The van der Waals surface area contributed by atoms with E-state index in [0.29, 0.717) is 12.1 Å². The van der Waals surface area contributed by atoms with Crippen LogP contribution in [0.4, 0.5) is 10.1 Å². The molecule has 6 nitrogen and oxygen atoms in total. The van der Waals surface area contributed by atoms with Crippen LogP contribution in [0.2, 0.25) is 5.02 Å². The first-order chi connectivity index (χ1) is 14.1. The number of aromatic nitrogens is 3. The van der Waals surface area contributed by atoms with Crippen molar-refractivity contribution in [3.63, 3.8) is 0 Å². The van der Waals surface area contributed by atoms with Gasteiger partial charge in [-0.25, -0.2) is 14.1 Å². The molecular formula is C21H26ClFN4O2. The van der Waals surface area contributed by atoms with E-state index in [9.17, 15) is 9.18 Å². The summed E-state index contributed by atoms with van der Waals surface area (Å²) in [6.45, 7) is 8.13. The molecule has 0 spiro atoms. The van der Waals surface area contributed by atoms with Crippen molar-refractivity contribution in [3.8, 4) is 0 Å². The van der Waals surface area contributed by atoms with Gasteiger partial charge in [0, 0.05) is 0 Å². The first kappa shape index (κ1) is 24.3. The quantitative estimate of drug-likeness (QED) is 0.614. The number of hydrogen-bond acceptors (Lipinski definition) is 4. The van der Waals surface area contributed by atoms with Crippen LogP contribution in [0.5, 0.6) is 0 Å². The molecule has 29 heavy (non-hydrogen) atoms. The topological polar surface area (TPSA) is 80.0 Å². The smallest absolute Gasteiger partial charge is 0.295 e. The van der Waals surface area contributed by atoms with E-state index in [-0.39, 0.29) is 23.1 Å². The normalized spacial score (nSPS) is 9.62. The predicted molar refractivity (Wildman–Crippen MR) is 114 cm³/mol. The highest BCUT2D eigenvalue weighted by molar-refractivity contribution is 6.31. The summed E-state index contributed by atoms with van der Waals surface area (Å²) >= 11 is 5.75. The summed E-state index contributed by atoms with van der Waals surface area (Å²) in [7, 11) is 0. The maximum absolute atomic E-state index is 14.0. The second-order valence-corrected chi connectivity index (χ2v) is 5.71. The number of halogens is 2. The standard InChI is InChI=1S/C17H14ClFN4O2.2C2H6/c18-13-6-12(9-24)7-14(15(13)19)21-17(25)16-20-10-23(22-16)8-11-4-2-1-3-5-11;2*1-2/h1-7,10,24H,8-9H2,(H,21,25);2*1-2H3. The lowest BCUT2D eigenvalue weighted by Crippen LogP contribution is -2.16. The van der Waals surface area contributed by atoms with E-state index >= 15 is 0 Å². The first-order valence-corrected chi connectivity index (χ1v) is 9.78. The van der Waals surface area contributed by atoms with Gasteiger partial charge in [-0.2, -0.15) is 0 Å². The number of hydrogen-bond donors (Lipinski definition) is 2. The average Bonchev–Trinajstić information content (AvgIpc) is 3.23. The van der Waals surface area contributed by atoms with Crippen LogP contribution in [-0.4, -0.2) is 25.8 Å². The number of anilines is 1. The molecule has 3 aromatic rings. The molecule has 0 atom stereocenters. The Hall–Kier alpha value is -2.77. The van der Waals surface area contributed by atoms with E-state index in [1.807, 2.05) is 58.0 Å². The molecule has 0 saturated heterocycles. The van der Waals surface area contributed by atoms with E-state index in [4.69, 9.17) is 16.7 Å². The van der Waals surface area contributed by atoms with E-state index < -0.39 is 11.7 Å². The minimum Gasteiger partial charge on any atom is -0.392 e. The molecule has 2 aromatic carbocycles. The fourth-order valence-corrected chi connectivity index (χ4v) is 2.49. The molecule has 0 saturated carbocycles. The molecule has 0 aliphatic heterocycles. The highest BCUT2D eigenvalue weighted by atomic mass is 35.5. The molecule has 0 bridgehead atoms. The van der Waals surface area contributed by atoms with Crippen molar-refractivity contribution in [1.29, 1.82) is 0 Å². The van der Waals surface area contributed by atoms with Gasteiger partial charge in [0.25, 0.3) is 5.91 Å². The largest absolute Gasteiger partial charge is 0.392 e. The highest BCUT2D eigenvalue weighted by Gasteiger charge is 2.16. The summed E-state index contributed by atoms with van der Waals surface area (Å²) in [6, 6.07) is 12.2. The lowest BCUT2D eigenvalue weighted by atomic mass is 10.2. The van der Waals surface area contributed by atoms with Crippen LogP contribution in [0, 0.1) is 5.82 Å². The Labute approximate surface area is 175 Å². The van der Waals surface area contributed by atoms with E-state index in [0.717, 1.165) is 5.56 Å². The van der Waals surface area contributed by atoms with Crippen molar-refractivity contribution in [3.05, 3.63) is 76.6 Å². The van der Waals surface area contributed by atoms with E-state index in [1.165, 1.54) is 23.1 Å². The van der Waals surface area contributed by atoms with Crippen molar-refractivity contribution in [1.82, 2.24) is 14.8 Å². The molecule has 3 rings (SSSR count). The molecule has 0 aliphatic carbocycles. The van der Waals surface area contributed by atoms with Gasteiger partial charge in [-0.15, -0.1) is 5.10 Å². The van der Waals surface area contributed by atoms with Gasteiger partial charge < -0.3 is 10.4 Å². The number of aliphatic hydroxyl groups is 1. The minimum absolute atomic E-state index is 0.0964. The number of carbonyl (C=O) groups is 1. The van der Waals surface area contributed by atoms with Gasteiger partial charge in [-0.1, -0.05) is 69.6 Å². The number of aliphatic hydroxyl groups excluding tert-OH is 1. The molecule has 0 fully saturated rings. The summed E-state index contributed by atoms with van der Waals surface area (Å²) in [4.78, 5) is 16.2. The number of nitrogens with one attached hydrogen (secondary N) is 1. The minimum atomic E-state index is -0.782. The zero-order valence-electron chi connectivity index (χ0n) is 17.0. The SMILES string of the molecule is CC.CC.O=C(Nc1cc(CO)cc(Cl)c1F)c1ncn(Cc2ccccc2)n1. The first-order valence-electron chi connectivity index (χ1n) is 9.40. The second-order valence-electron chi connectivity index (χ2n) is 5.30. The Bertz CT molecular complexity index is 901. The highest BCUT2D eigenvalue weighted by Crippen LogP contribution is 2.25. The van der Waals surface area contributed by atoms with Crippen LogP contribution in [-0.2, 0) is 13.2 Å². The second kappa shape index (κ2) is 12.6. The van der Waals surface area contributed by atoms with Gasteiger partial charge in [-0.05, 0) is 23.3 Å². The average molecular weight is 421 g/mol. The van der Waals surface area contributed by atoms with Crippen LogP contribution in [0.25, 0.3) is 0 Å². The Morgan fingerprint density at radius 1 is 1.14 bits per heavy atom. The summed E-state index contributed by atoms with van der Waals surface area (Å²) in [5.41, 5.74) is 1.25. The zero-order chi connectivity index (χ0) is 21.8. The maximum Gasteiger partial charge on any atom is 0.295 e. The molecule has 0 aliphatic rings. The monoisotopic (exact) mass is 420 g/mol. The van der Waals surface area contributed by atoms with E-state index in [1.54, 1.807) is 0 Å². The molecule has 1 amide bonds. The van der Waals surface area contributed by atoms with Gasteiger partial charge in [0.1, 0.15) is 6.33 Å². The summed E-state index contributed by atoms with van der Waals surface area (Å²) in [5.74, 6) is -1.55. The Balaban J connectivity index is 0.000000989. The Kier molecular flexibility index (Phi) is 10.6. The zero-order valence-corrected chi connectivity index (χ0v) is 17.7. The third kappa shape index (κ3) is 6.96. The molecule has 156 valence electrons. The van der Waals surface area contributed by atoms with Gasteiger partial charge in [0.05, 0.1) is 23.9 Å². The molecular weight excluding hydrogens is 395 g/mol. The number of carbonyl (C=O) groups excluding carboxylic acids is 1. The fraction of sp³-hybridized carbons (Fsp3) is 0.286. The summed E-state index contributed by atoms with van der Waals surface area (Å²) in [5, 5.41) is 15.4. The van der Waals surface area contributed by atoms with Crippen molar-refractivity contribution < 1.29 is 14.3 Å². The molecule has 2 N–H and O–H groups in total. The van der Waals surface area contributed by atoms with Crippen LogP contribution in [0.1, 0.15) is 49.4 Å². The van der Waals surface area contributed by atoms with Crippen molar-refractivity contribution in [2.75, 3.05) is 5.32 Å². The van der Waals surface area contributed by atoms with Crippen molar-refractivity contribution >= 4 is 23.2 Å². The summed E-state index contributed by atoms with van der Waals surface area (Å²) in [6.07, 6.45) is 1.43. The van der Waals surface area contributed by atoms with Crippen molar-refractivity contribution in [2.24, 2.45) is 0 Å². The third-order valence-electron chi connectivity index (χ3n) is 3.45. The predicted octanol–water partition coefficient (Wildman–Crippen LogP) is 4.92. The molecule has 0 radical (unpaired) electrons. The number of rotatable bonds is 5. The van der Waals surface area contributed by atoms with Crippen LogP contribution < -0.4 is 5.32 Å². The van der Waals surface area contributed by atoms with E-state index in [2.05, 4.69) is 15.4 Å². The Morgan fingerprint density at radius 3 is 2.41 bits per heavy atom.